The second kappa shape index (κ2) is 10.7. The van der Waals surface area contributed by atoms with Crippen LogP contribution >= 0.6 is 35.3 Å². The van der Waals surface area contributed by atoms with Gasteiger partial charge in [0, 0.05) is 17.8 Å². The first-order valence-electron chi connectivity index (χ1n) is 10.1. The van der Waals surface area contributed by atoms with E-state index in [4.69, 9.17) is 17.3 Å². The maximum atomic E-state index is 13.2. The van der Waals surface area contributed by atoms with E-state index in [-0.39, 0.29) is 34.4 Å². The Morgan fingerprint density at radius 2 is 1.60 bits per heavy atom. The number of amides is 1. The Morgan fingerprint density at radius 1 is 0.971 bits per heavy atom. The van der Waals surface area contributed by atoms with Crippen LogP contribution in [0.3, 0.4) is 0 Å². The molecule has 2 aromatic rings. The first kappa shape index (κ1) is 27.2. The molecule has 3 rings (SSSR count). The highest BCUT2D eigenvalue weighted by Gasteiger charge is 2.37. The number of benzene rings is 1. The van der Waals surface area contributed by atoms with Crippen LogP contribution < -0.4 is 0 Å². The Bertz CT molecular complexity index is 1140. The largest absolute Gasteiger partial charge is 0.481 e. The number of halogens is 6. The average Bonchev–Trinajstić information content (AvgIpc) is 3.31. The van der Waals surface area contributed by atoms with Crippen LogP contribution in [0.15, 0.2) is 34.6 Å². The topological polar surface area (TPSA) is 57.6 Å². The van der Waals surface area contributed by atoms with Crippen molar-refractivity contribution < 1.29 is 41.0 Å². The molecule has 0 unspecified atom stereocenters. The van der Waals surface area contributed by atoms with Gasteiger partial charge in [-0.25, -0.2) is 0 Å². The van der Waals surface area contributed by atoms with Gasteiger partial charge in [0.1, 0.15) is 4.32 Å². The highest BCUT2D eigenvalue weighted by Crippen LogP contribution is 2.40. The van der Waals surface area contributed by atoms with E-state index in [1.165, 1.54) is 22.4 Å². The Balaban J connectivity index is 1.78. The van der Waals surface area contributed by atoms with Gasteiger partial charge in [-0.15, -0.1) is 11.3 Å². The lowest BCUT2D eigenvalue weighted by molar-refractivity contribution is -0.143. The minimum absolute atomic E-state index is 0.0371. The monoisotopic (exact) mass is 553 g/mol. The SMILES string of the molecule is O=C(O)CCCCCN1C(=O)/C(=C/c2cc(-c3cc(C(F)(F)F)cc(C(F)(F)F)c3)cs2)SC1=S. The molecule has 1 fully saturated rings. The fourth-order valence-electron chi connectivity index (χ4n) is 3.25. The van der Waals surface area contributed by atoms with Crippen molar-refractivity contribution in [3.8, 4) is 11.1 Å². The normalized spacial score (nSPS) is 15.9. The number of thiophene rings is 1. The predicted octanol–water partition coefficient (Wildman–Crippen LogP) is 7.30. The van der Waals surface area contributed by atoms with Crippen molar-refractivity contribution in [3.05, 3.63) is 50.6 Å². The number of thioether (sulfide) groups is 1. The molecule has 35 heavy (non-hydrogen) atoms. The fourth-order valence-corrected chi connectivity index (χ4v) is 5.47. The van der Waals surface area contributed by atoms with Gasteiger partial charge in [-0.05, 0) is 59.7 Å². The van der Waals surface area contributed by atoms with E-state index in [1.54, 1.807) is 0 Å². The molecule has 1 saturated heterocycles. The molecule has 188 valence electrons. The first-order valence-corrected chi connectivity index (χ1v) is 12.2. The smallest absolute Gasteiger partial charge is 0.416 e. The van der Waals surface area contributed by atoms with E-state index in [1.807, 2.05) is 0 Å². The molecule has 0 aliphatic carbocycles. The summed E-state index contributed by atoms with van der Waals surface area (Å²) >= 11 is 7.35. The Kier molecular flexibility index (Phi) is 8.32. The standard InChI is InChI=1S/C22H17F6NO3S3/c23-21(24,25)14-6-12(7-15(9-14)22(26,27)28)13-8-16(34-11-13)10-17-19(32)29(20(33)35-17)5-3-1-2-4-18(30)31/h6-11H,1-5H2,(H,30,31)/b17-10-. The average molecular weight is 554 g/mol. The van der Waals surface area contributed by atoms with Crippen molar-refractivity contribution in [2.75, 3.05) is 6.54 Å². The number of unbranched alkanes of at least 4 members (excludes halogenated alkanes) is 2. The van der Waals surface area contributed by atoms with E-state index in [0.29, 0.717) is 47.1 Å². The highest BCUT2D eigenvalue weighted by molar-refractivity contribution is 8.26. The number of carbonyl (C=O) groups excluding carboxylic acids is 1. The quantitative estimate of drug-likeness (QED) is 0.161. The van der Waals surface area contributed by atoms with Gasteiger partial charge in [0.05, 0.1) is 16.0 Å². The summed E-state index contributed by atoms with van der Waals surface area (Å²) in [7, 11) is 0. The van der Waals surface area contributed by atoms with Crippen LogP contribution in [0.25, 0.3) is 17.2 Å². The molecule has 1 N–H and O–H groups in total. The molecule has 0 saturated carbocycles. The van der Waals surface area contributed by atoms with Crippen LogP contribution in [0.4, 0.5) is 26.3 Å². The van der Waals surface area contributed by atoms with Gasteiger partial charge in [-0.3, -0.25) is 14.5 Å². The molecule has 0 bridgehead atoms. The molecule has 1 aliphatic rings. The van der Waals surface area contributed by atoms with E-state index >= 15 is 0 Å². The molecule has 1 amide bonds. The van der Waals surface area contributed by atoms with Crippen molar-refractivity contribution in [2.24, 2.45) is 0 Å². The van der Waals surface area contributed by atoms with Crippen LogP contribution in [0, 0.1) is 0 Å². The third-order valence-electron chi connectivity index (χ3n) is 4.96. The van der Waals surface area contributed by atoms with E-state index in [9.17, 15) is 35.9 Å². The molecule has 0 radical (unpaired) electrons. The van der Waals surface area contributed by atoms with Crippen LogP contribution in [0.5, 0.6) is 0 Å². The van der Waals surface area contributed by atoms with Gasteiger partial charge in [0.2, 0.25) is 0 Å². The van der Waals surface area contributed by atoms with E-state index in [0.717, 1.165) is 23.1 Å². The number of carboxylic acids is 1. The second-order valence-electron chi connectivity index (χ2n) is 7.57. The molecule has 0 atom stereocenters. The first-order chi connectivity index (χ1) is 16.3. The summed E-state index contributed by atoms with van der Waals surface area (Å²) < 4.78 is 79.2. The zero-order valence-corrected chi connectivity index (χ0v) is 20.2. The van der Waals surface area contributed by atoms with Crippen LogP contribution in [-0.4, -0.2) is 32.7 Å². The minimum Gasteiger partial charge on any atom is -0.481 e. The van der Waals surface area contributed by atoms with Gasteiger partial charge in [-0.1, -0.05) is 30.4 Å². The van der Waals surface area contributed by atoms with Gasteiger partial charge in [-0.2, -0.15) is 26.3 Å². The lowest BCUT2D eigenvalue weighted by Gasteiger charge is -2.13. The summed E-state index contributed by atoms with van der Waals surface area (Å²) in [6, 6.07) is 2.80. The number of hydrogen-bond donors (Lipinski definition) is 1. The number of aliphatic carboxylic acids is 1. The van der Waals surface area contributed by atoms with Crippen molar-refractivity contribution in [1.82, 2.24) is 4.90 Å². The number of carbonyl (C=O) groups is 2. The zero-order valence-electron chi connectivity index (χ0n) is 17.7. The van der Waals surface area contributed by atoms with Gasteiger partial charge in [0.15, 0.2) is 0 Å². The molecule has 13 heteroatoms. The minimum atomic E-state index is -4.95. The molecular formula is C22H17F6NO3S3. The zero-order chi connectivity index (χ0) is 26.0. The predicted molar refractivity (Wildman–Crippen MR) is 126 cm³/mol. The van der Waals surface area contributed by atoms with E-state index in [2.05, 4.69) is 0 Å². The van der Waals surface area contributed by atoms with Crippen molar-refractivity contribution in [3.63, 3.8) is 0 Å². The molecule has 1 aliphatic heterocycles. The summed E-state index contributed by atoms with van der Waals surface area (Å²) in [4.78, 5) is 25.4. The molecular weight excluding hydrogens is 536 g/mol. The number of alkyl halides is 6. The van der Waals surface area contributed by atoms with E-state index < -0.39 is 29.4 Å². The third-order valence-corrected chi connectivity index (χ3v) is 7.22. The Hall–Kier alpha value is -2.38. The summed E-state index contributed by atoms with van der Waals surface area (Å²) in [5, 5.41) is 10.1. The summed E-state index contributed by atoms with van der Waals surface area (Å²) in [5.74, 6) is -1.25. The van der Waals surface area contributed by atoms with Crippen LogP contribution in [0.1, 0.15) is 41.7 Å². The molecule has 1 aromatic heterocycles. The number of carboxylic acid groups (broad SMARTS) is 1. The molecule has 1 aromatic carbocycles. The Morgan fingerprint density at radius 3 is 2.17 bits per heavy atom. The number of hydrogen-bond acceptors (Lipinski definition) is 5. The lowest BCUT2D eigenvalue weighted by Crippen LogP contribution is -2.29. The maximum absolute atomic E-state index is 13.2. The van der Waals surface area contributed by atoms with Gasteiger partial charge in [0.25, 0.3) is 5.91 Å². The van der Waals surface area contributed by atoms with Gasteiger partial charge < -0.3 is 5.11 Å². The summed E-state index contributed by atoms with van der Waals surface area (Å²) in [6.45, 7) is 0.321. The lowest BCUT2D eigenvalue weighted by atomic mass is 10.0. The summed E-state index contributed by atoms with van der Waals surface area (Å²) in [6.07, 6.45) is -6.72. The van der Waals surface area contributed by atoms with Crippen molar-refractivity contribution in [1.29, 1.82) is 0 Å². The van der Waals surface area contributed by atoms with Crippen LogP contribution in [-0.2, 0) is 21.9 Å². The molecule has 2 heterocycles. The fraction of sp³-hybridized carbons (Fsp3) is 0.318. The van der Waals surface area contributed by atoms with Crippen LogP contribution in [0.2, 0.25) is 0 Å². The number of rotatable bonds is 8. The maximum Gasteiger partial charge on any atom is 0.416 e. The number of nitrogens with zero attached hydrogens (tertiary/aromatic N) is 1. The van der Waals surface area contributed by atoms with Crippen molar-refractivity contribution >= 4 is 57.6 Å². The molecule has 4 nitrogen and oxygen atoms in total. The second-order valence-corrected chi connectivity index (χ2v) is 10.2. The number of thiocarbonyl (C=S) groups is 1. The third kappa shape index (κ3) is 7.07. The summed E-state index contributed by atoms with van der Waals surface area (Å²) in [5.41, 5.74) is -2.89. The van der Waals surface area contributed by atoms with Gasteiger partial charge >= 0.3 is 18.3 Å². The molecule has 0 spiro atoms. The van der Waals surface area contributed by atoms with Crippen molar-refractivity contribution in [2.45, 2.75) is 38.0 Å². The Labute approximate surface area is 209 Å². The highest BCUT2D eigenvalue weighted by atomic mass is 32.2.